The lowest BCUT2D eigenvalue weighted by Crippen LogP contribution is -2.26. The number of hydrogen-bond donors (Lipinski definition) is 2. The number of nitrogens with two attached hydrogens (primary N) is 1. The van der Waals surface area contributed by atoms with Crippen LogP contribution < -0.4 is 11.1 Å². The number of rotatable bonds is 4. The number of amides is 1. The van der Waals surface area contributed by atoms with Crippen molar-refractivity contribution in [2.45, 2.75) is 20.4 Å². The Hall–Kier alpha value is -3.16. The van der Waals surface area contributed by atoms with Crippen LogP contribution in [0.3, 0.4) is 0 Å². The van der Waals surface area contributed by atoms with E-state index in [-0.39, 0.29) is 17.4 Å². The summed E-state index contributed by atoms with van der Waals surface area (Å²) in [5, 5.41) is 2.81. The third kappa shape index (κ3) is 2.85. The van der Waals surface area contributed by atoms with Crippen molar-refractivity contribution in [3.05, 3.63) is 47.4 Å². The minimum atomic E-state index is -0.374. The number of hydrogen-bond acceptors (Lipinski definition) is 6. The first-order valence-electron chi connectivity index (χ1n) is 7.40. The number of aromatic nitrogens is 4. The minimum Gasteiger partial charge on any atom is -0.443 e. The van der Waals surface area contributed by atoms with E-state index in [1.807, 2.05) is 30.7 Å². The zero-order chi connectivity index (χ0) is 17.3. The summed E-state index contributed by atoms with van der Waals surface area (Å²) < 4.78 is 7.21. The molecule has 3 aromatic heterocycles. The second kappa shape index (κ2) is 6.15. The number of aryl methyl sites for hydroxylation is 2. The molecule has 0 aliphatic rings. The van der Waals surface area contributed by atoms with E-state index in [9.17, 15) is 4.79 Å². The topological polar surface area (TPSA) is 112 Å². The van der Waals surface area contributed by atoms with Crippen LogP contribution in [0, 0.1) is 13.8 Å². The second-order valence-corrected chi connectivity index (χ2v) is 5.44. The predicted octanol–water partition coefficient (Wildman–Crippen LogP) is 1.60. The van der Waals surface area contributed by atoms with Crippen LogP contribution in [-0.2, 0) is 13.6 Å². The largest absolute Gasteiger partial charge is 0.443 e. The number of nitrogen functional groups attached to an aromatic ring is 1. The summed E-state index contributed by atoms with van der Waals surface area (Å²) in [7, 11) is 1.94. The first kappa shape index (κ1) is 15.7. The molecule has 3 heterocycles. The maximum atomic E-state index is 12.4. The highest BCUT2D eigenvalue weighted by molar-refractivity contribution is 5.96. The molecule has 3 N–H and O–H groups in total. The van der Waals surface area contributed by atoms with Gasteiger partial charge >= 0.3 is 0 Å². The maximum Gasteiger partial charge on any atom is 0.274 e. The number of nitrogens with zero attached hydrogens (tertiary/aromatic N) is 4. The van der Waals surface area contributed by atoms with Crippen LogP contribution in [0.25, 0.3) is 11.6 Å². The Balaban J connectivity index is 1.80. The Labute approximate surface area is 138 Å². The van der Waals surface area contributed by atoms with Crippen LogP contribution in [0.15, 0.2) is 29.0 Å². The first-order valence-corrected chi connectivity index (χ1v) is 7.40. The smallest absolute Gasteiger partial charge is 0.274 e. The highest BCUT2D eigenvalue weighted by Gasteiger charge is 2.18. The van der Waals surface area contributed by atoms with E-state index in [1.165, 1.54) is 12.5 Å². The Morgan fingerprint density at radius 1 is 1.33 bits per heavy atom. The minimum absolute atomic E-state index is 0.0364. The number of anilines is 1. The molecule has 0 radical (unpaired) electrons. The molecule has 0 atom stereocenters. The lowest BCUT2D eigenvalue weighted by molar-refractivity contribution is 0.0945. The molecule has 0 aliphatic heterocycles. The molecule has 0 aromatic carbocycles. The van der Waals surface area contributed by atoms with Crippen LogP contribution in [0.1, 0.15) is 27.6 Å². The number of nitrogens with one attached hydrogen (secondary N) is 1. The van der Waals surface area contributed by atoms with Crippen molar-refractivity contribution in [1.29, 1.82) is 0 Å². The van der Waals surface area contributed by atoms with Crippen LogP contribution in [-0.4, -0.2) is 25.4 Å². The molecule has 0 saturated carbocycles. The molecule has 8 heteroatoms. The SMILES string of the molecule is Cc1nc(C(=O)NCc2ccc(C)n2C)c(N)nc1-c1ncco1. The van der Waals surface area contributed by atoms with Crippen molar-refractivity contribution in [2.24, 2.45) is 7.05 Å². The van der Waals surface area contributed by atoms with Crippen molar-refractivity contribution < 1.29 is 9.21 Å². The Morgan fingerprint density at radius 2 is 2.12 bits per heavy atom. The first-order chi connectivity index (χ1) is 11.5. The molecule has 3 rings (SSSR count). The van der Waals surface area contributed by atoms with Gasteiger partial charge in [-0.1, -0.05) is 0 Å². The van der Waals surface area contributed by atoms with Gasteiger partial charge in [0.1, 0.15) is 12.0 Å². The second-order valence-electron chi connectivity index (χ2n) is 5.44. The van der Waals surface area contributed by atoms with Gasteiger partial charge in [0.25, 0.3) is 5.91 Å². The van der Waals surface area contributed by atoms with E-state index in [1.54, 1.807) is 6.92 Å². The van der Waals surface area contributed by atoms with Gasteiger partial charge in [-0.05, 0) is 26.0 Å². The van der Waals surface area contributed by atoms with Crippen molar-refractivity contribution in [3.8, 4) is 11.6 Å². The van der Waals surface area contributed by atoms with E-state index >= 15 is 0 Å². The van der Waals surface area contributed by atoms with Gasteiger partial charge in [-0.25, -0.2) is 15.0 Å². The van der Waals surface area contributed by atoms with Crippen molar-refractivity contribution in [1.82, 2.24) is 24.8 Å². The quantitative estimate of drug-likeness (QED) is 0.753. The third-order valence-electron chi connectivity index (χ3n) is 3.85. The maximum absolute atomic E-state index is 12.4. The average Bonchev–Trinajstić information content (AvgIpc) is 3.19. The van der Waals surface area contributed by atoms with Gasteiger partial charge in [0.05, 0.1) is 18.4 Å². The summed E-state index contributed by atoms with van der Waals surface area (Å²) >= 11 is 0. The molecule has 0 aliphatic carbocycles. The molecule has 0 bridgehead atoms. The van der Waals surface area contributed by atoms with Gasteiger partial charge in [0.15, 0.2) is 11.5 Å². The lowest BCUT2D eigenvalue weighted by Gasteiger charge is -2.10. The zero-order valence-electron chi connectivity index (χ0n) is 13.7. The summed E-state index contributed by atoms with van der Waals surface area (Å²) in [6.07, 6.45) is 2.95. The average molecular weight is 326 g/mol. The van der Waals surface area contributed by atoms with Crippen LogP contribution in [0.2, 0.25) is 0 Å². The van der Waals surface area contributed by atoms with Gasteiger partial charge in [-0.2, -0.15) is 0 Å². The number of oxazole rings is 1. The monoisotopic (exact) mass is 326 g/mol. The standard InChI is InChI=1S/C16H18N6O2/c1-9-4-5-11(22(9)3)8-19-15(23)13-14(17)21-12(10(2)20-13)16-18-6-7-24-16/h4-7H,8H2,1-3H3,(H2,17,21)(H,19,23). The van der Waals surface area contributed by atoms with Gasteiger partial charge in [-0.3, -0.25) is 4.79 Å². The zero-order valence-corrected chi connectivity index (χ0v) is 13.7. The summed E-state index contributed by atoms with van der Waals surface area (Å²) in [5.74, 6) is -0.0202. The fraction of sp³-hybridized carbons (Fsp3) is 0.250. The van der Waals surface area contributed by atoms with Crippen molar-refractivity contribution in [2.75, 3.05) is 5.73 Å². The van der Waals surface area contributed by atoms with E-state index < -0.39 is 0 Å². The number of carbonyl (C=O) groups is 1. The molecule has 3 aromatic rings. The summed E-state index contributed by atoms with van der Waals surface area (Å²) in [6.45, 7) is 4.10. The molecule has 0 spiro atoms. The van der Waals surface area contributed by atoms with E-state index in [0.717, 1.165) is 11.4 Å². The van der Waals surface area contributed by atoms with Gasteiger partial charge < -0.3 is 20.0 Å². The van der Waals surface area contributed by atoms with Crippen molar-refractivity contribution >= 4 is 11.7 Å². The summed E-state index contributed by atoms with van der Waals surface area (Å²) in [5.41, 5.74) is 9.03. The predicted molar refractivity (Wildman–Crippen MR) is 88.0 cm³/mol. The molecule has 24 heavy (non-hydrogen) atoms. The third-order valence-corrected chi connectivity index (χ3v) is 3.85. The molecule has 0 saturated heterocycles. The lowest BCUT2D eigenvalue weighted by atomic mass is 10.2. The normalized spacial score (nSPS) is 10.8. The van der Waals surface area contributed by atoms with Crippen LogP contribution in [0.4, 0.5) is 5.82 Å². The fourth-order valence-electron chi connectivity index (χ4n) is 2.34. The van der Waals surface area contributed by atoms with E-state index in [4.69, 9.17) is 10.2 Å². The van der Waals surface area contributed by atoms with Gasteiger partial charge in [0.2, 0.25) is 5.89 Å². The molecule has 0 unspecified atom stereocenters. The highest BCUT2D eigenvalue weighted by Crippen LogP contribution is 2.20. The molecular formula is C16H18N6O2. The molecule has 8 nitrogen and oxygen atoms in total. The van der Waals surface area contributed by atoms with Crippen LogP contribution >= 0.6 is 0 Å². The Kier molecular flexibility index (Phi) is 4.03. The van der Waals surface area contributed by atoms with Gasteiger partial charge in [-0.15, -0.1) is 0 Å². The van der Waals surface area contributed by atoms with Crippen molar-refractivity contribution in [3.63, 3.8) is 0 Å². The Morgan fingerprint density at radius 3 is 2.75 bits per heavy atom. The van der Waals surface area contributed by atoms with Gasteiger partial charge in [0, 0.05) is 18.4 Å². The highest BCUT2D eigenvalue weighted by atomic mass is 16.3. The summed E-state index contributed by atoms with van der Waals surface area (Å²) in [6, 6.07) is 3.95. The van der Waals surface area contributed by atoms with Crippen LogP contribution in [0.5, 0.6) is 0 Å². The van der Waals surface area contributed by atoms with E-state index in [2.05, 4.69) is 20.3 Å². The Bertz CT molecular complexity index is 882. The summed E-state index contributed by atoms with van der Waals surface area (Å²) in [4.78, 5) is 24.9. The molecule has 124 valence electrons. The molecular weight excluding hydrogens is 308 g/mol. The molecule has 0 fully saturated rings. The molecule has 1 amide bonds. The fourth-order valence-corrected chi connectivity index (χ4v) is 2.34. The van der Waals surface area contributed by atoms with E-state index in [0.29, 0.717) is 23.8 Å². The number of carbonyl (C=O) groups excluding carboxylic acids is 1.